The van der Waals surface area contributed by atoms with Gasteiger partial charge in [0.05, 0.1) is 6.61 Å². The Labute approximate surface area is 170 Å². The van der Waals surface area contributed by atoms with E-state index in [1.54, 1.807) is 0 Å². The van der Waals surface area contributed by atoms with Gasteiger partial charge >= 0.3 is 12.2 Å². The average Bonchev–Trinajstić information content (AvgIpc) is 2.73. The minimum absolute atomic E-state index is 0.0370. The molecule has 3 atom stereocenters. The van der Waals surface area contributed by atoms with Crippen LogP contribution in [0.5, 0.6) is 5.75 Å². The van der Waals surface area contributed by atoms with E-state index in [1.165, 1.54) is 0 Å². The van der Waals surface area contributed by atoms with Gasteiger partial charge in [0.2, 0.25) is 0 Å². The number of amides is 2. The Hall–Kier alpha value is -3.22. The zero-order chi connectivity index (χ0) is 20.5. The fourth-order valence-electron chi connectivity index (χ4n) is 3.58. The van der Waals surface area contributed by atoms with Crippen molar-refractivity contribution < 1.29 is 24.2 Å². The van der Waals surface area contributed by atoms with Gasteiger partial charge in [0.15, 0.2) is 0 Å². The van der Waals surface area contributed by atoms with Crippen molar-refractivity contribution in [3.63, 3.8) is 0 Å². The van der Waals surface area contributed by atoms with Crippen molar-refractivity contribution in [1.82, 2.24) is 10.6 Å². The van der Waals surface area contributed by atoms with Crippen molar-refractivity contribution in [3.05, 3.63) is 66.2 Å². The molecule has 3 N–H and O–H groups in total. The molecule has 1 aliphatic carbocycles. The normalized spacial score (nSPS) is 21.0. The molecule has 7 nitrogen and oxygen atoms in total. The van der Waals surface area contributed by atoms with Gasteiger partial charge < -0.3 is 25.2 Å². The second-order valence-corrected chi connectivity index (χ2v) is 7.16. The fraction of sp³-hybridized carbons (Fsp3) is 0.364. The van der Waals surface area contributed by atoms with E-state index in [4.69, 9.17) is 14.6 Å². The lowest BCUT2D eigenvalue weighted by molar-refractivity contribution is 0.109. The van der Waals surface area contributed by atoms with Crippen LogP contribution < -0.4 is 15.4 Å². The Morgan fingerprint density at radius 2 is 1.66 bits per heavy atom. The van der Waals surface area contributed by atoms with E-state index in [1.807, 2.05) is 60.7 Å². The van der Waals surface area contributed by atoms with Gasteiger partial charge in [-0.3, -0.25) is 0 Å². The number of carbonyl (C=O) groups excluding carboxylic acids is 1. The van der Waals surface area contributed by atoms with Crippen LogP contribution in [0.1, 0.15) is 24.8 Å². The standard InChI is InChI=1S/C22H26N2O5/c25-21(26)23-18-11-12-20(17(13-18)15-28-19-9-5-2-6-10-19)24-22(27)29-14-16-7-3-1-4-8-16/h1-10,17-18,20,23H,11-15H2,(H,24,27)(H,25,26)/t17-,18?,20-/m0/s1. The monoisotopic (exact) mass is 398 g/mol. The third-order valence-electron chi connectivity index (χ3n) is 5.03. The lowest BCUT2D eigenvalue weighted by Crippen LogP contribution is -2.50. The molecule has 1 saturated carbocycles. The van der Waals surface area contributed by atoms with Crippen molar-refractivity contribution in [2.24, 2.45) is 5.92 Å². The van der Waals surface area contributed by atoms with Crippen LogP contribution in [0.2, 0.25) is 0 Å². The maximum Gasteiger partial charge on any atom is 0.407 e. The number of ether oxygens (including phenoxy) is 2. The number of hydrogen-bond donors (Lipinski definition) is 3. The third-order valence-corrected chi connectivity index (χ3v) is 5.03. The molecule has 2 aromatic rings. The van der Waals surface area contributed by atoms with Crippen LogP contribution in [0.15, 0.2) is 60.7 Å². The molecular formula is C22H26N2O5. The molecule has 0 aromatic heterocycles. The lowest BCUT2D eigenvalue weighted by atomic mass is 9.82. The molecule has 3 rings (SSSR count). The smallest absolute Gasteiger partial charge is 0.407 e. The molecule has 2 amide bonds. The van der Waals surface area contributed by atoms with Crippen LogP contribution in [0.4, 0.5) is 9.59 Å². The number of carboxylic acid groups (broad SMARTS) is 1. The summed E-state index contributed by atoms with van der Waals surface area (Å²) >= 11 is 0. The summed E-state index contributed by atoms with van der Waals surface area (Å²) in [4.78, 5) is 23.3. The van der Waals surface area contributed by atoms with Crippen LogP contribution in [0.3, 0.4) is 0 Å². The molecule has 0 heterocycles. The zero-order valence-electron chi connectivity index (χ0n) is 16.1. The number of benzene rings is 2. The second-order valence-electron chi connectivity index (χ2n) is 7.16. The molecule has 1 aliphatic rings. The van der Waals surface area contributed by atoms with Crippen molar-refractivity contribution in [2.45, 2.75) is 38.0 Å². The highest BCUT2D eigenvalue weighted by molar-refractivity contribution is 5.67. The maximum absolute atomic E-state index is 12.3. The van der Waals surface area contributed by atoms with E-state index in [0.717, 1.165) is 11.3 Å². The van der Waals surface area contributed by atoms with Gasteiger partial charge in [-0.05, 0) is 37.0 Å². The highest BCUT2D eigenvalue weighted by Gasteiger charge is 2.33. The number of hydrogen-bond acceptors (Lipinski definition) is 4. The molecule has 7 heteroatoms. The largest absolute Gasteiger partial charge is 0.493 e. The lowest BCUT2D eigenvalue weighted by Gasteiger charge is -2.36. The third kappa shape index (κ3) is 6.71. The van der Waals surface area contributed by atoms with E-state index in [-0.39, 0.29) is 24.6 Å². The fourth-order valence-corrected chi connectivity index (χ4v) is 3.58. The van der Waals surface area contributed by atoms with Gasteiger partial charge in [-0.1, -0.05) is 48.5 Å². The summed E-state index contributed by atoms with van der Waals surface area (Å²) < 4.78 is 11.2. The first-order chi connectivity index (χ1) is 14.1. The number of para-hydroxylation sites is 1. The molecule has 0 spiro atoms. The van der Waals surface area contributed by atoms with E-state index in [0.29, 0.717) is 25.9 Å². The predicted molar refractivity (Wildman–Crippen MR) is 108 cm³/mol. The summed E-state index contributed by atoms with van der Waals surface area (Å²) in [5.74, 6) is 0.705. The summed E-state index contributed by atoms with van der Waals surface area (Å²) in [6, 6.07) is 18.6. The summed E-state index contributed by atoms with van der Waals surface area (Å²) in [5, 5.41) is 14.5. The van der Waals surface area contributed by atoms with Gasteiger partial charge in [-0.25, -0.2) is 9.59 Å². The number of rotatable bonds is 7. The first-order valence-corrected chi connectivity index (χ1v) is 9.74. The van der Waals surface area contributed by atoms with Crippen LogP contribution >= 0.6 is 0 Å². The van der Waals surface area contributed by atoms with Crippen molar-refractivity contribution in [2.75, 3.05) is 6.61 Å². The predicted octanol–water partition coefficient (Wildman–Crippen LogP) is 3.80. The van der Waals surface area contributed by atoms with Gasteiger partial charge in [-0.2, -0.15) is 0 Å². The van der Waals surface area contributed by atoms with Crippen LogP contribution in [-0.2, 0) is 11.3 Å². The summed E-state index contributed by atoms with van der Waals surface area (Å²) in [7, 11) is 0. The number of alkyl carbamates (subject to hydrolysis) is 1. The van der Waals surface area contributed by atoms with Gasteiger partial charge in [0.25, 0.3) is 0 Å². The molecule has 2 aromatic carbocycles. The minimum Gasteiger partial charge on any atom is -0.493 e. The summed E-state index contributed by atoms with van der Waals surface area (Å²) in [6.45, 7) is 0.583. The van der Waals surface area contributed by atoms with E-state index < -0.39 is 12.2 Å². The molecule has 0 saturated heterocycles. The van der Waals surface area contributed by atoms with E-state index in [2.05, 4.69) is 10.6 Å². The van der Waals surface area contributed by atoms with E-state index in [9.17, 15) is 9.59 Å². The van der Waals surface area contributed by atoms with Gasteiger partial charge in [-0.15, -0.1) is 0 Å². The number of nitrogens with one attached hydrogen (secondary N) is 2. The van der Waals surface area contributed by atoms with Crippen LogP contribution in [-0.4, -0.2) is 36.0 Å². The highest BCUT2D eigenvalue weighted by Crippen LogP contribution is 2.26. The molecule has 0 aliphatic heterocycles. The molecule has 0 bridgehead atoms. The summed E-state index contributed by atoms with van der Waals surface area (Å²) in [5.41, 5.74) is 0.918. The highest BCUT2D eigenvalue weighted by atomic mass is 16.5. The SMILES string of the molecule is O=C(O)NC1CC[C@H](NC(=O)OCc2ccccc2)[C@H](COc2ccccc2)C1. The zero-order valence-corrected chi connectivity index (χ0v) is 16.1. The minimum atomic E-state index is -1.04. The topological polar surface area (TPSA) is 96.9 Å². The van der Waals surface area contributed by atoms with Gasteiger partial charge in [0.1, 0.15) is 12.4 Å². The van der Waals surface area contributed by atoms with Gasteiger partial charge in [0, 0.05) is 18.0 Å². The Kier molecular flexibility index (Phi) is 7.33. The molecule has 0 radical (unpaired) electrons. The second kappa shape index (κ2) is 10.4. The van der Waals surface area contributed by atoms with Crippen molar-refractivity contribution in [3.8, 4) is 5.75 Å². The average molecular weight is 398 g/mol. The Bertz CT molecular complexity index is 784. The number of carbonyl (C=O) groups is 2. The molecule has 154 valence electrons. The molecule has 1 fully saturated rings. The van der Waals surface area contributed by atoms with Crippen molar-refractivity contribution in [1.29, 1.82) is 0 Å². The molecular weight excluding hydrogens is 372 g/mol. The Morgan fingerprint density at radius 1 is 0.966 bits per heavy atom. The van der Waals surface area contributed by atoms with E-state index >= 15 is 0 Å². The quantitative estimate of drug-likeness (QED) is 0.659. The van der Waals surface area contributed by atoms with Crippen LogP contribution in [0, 0.1) is 5.92 Å². The first kappa shape index (κ1) is 20.5. The first-order valence-electron chi connectivity index (χ1n) is 9.74. The molecule has 29 heavy (non-hydrogen) atoms. The Morgan fingerprint density at radius 3 is 2.34 bits per heavy atom. The summed E-state index contributed by atoms with van der Waals surface area (Å²) in [6.07, 6.45) is 0.369. The maximum atomic E-state index is 12.3. The van der Waals surface area contributed by atoms with Crippen molar-refractivity contribution >= 4 is 12.2 Å². The van der Waals surface area contributed by atoms with Crippen LogP contribution in [0.25, 0.3) is 0 Å². The Balaban J connectivity index is 1.56. The molecule has 1 unspecified atom stereocenters.